The standard InChI is InChI=1S/C12H15NO/c1-13-12(14)11-7-10(8-11)9-5-3-2-4-6-9/h2-6,10-11H,7-8H2,1H3,(H,13,14). The van der Waals surface area contributed by atoms with Gasteiger partial charge in [0.2, 0.25) is 5.91 Å². The van der Waals surface area contributed by atoms with Gasteiger partial charge in [0.1, 0.15) is 0 Å². The van der Waals surface area contributed by atoms with Crippen LogP contribution in [0.3, 0.4) is 0 Å². The summed E-state index contributed by atoms with van der Waals surface area (Å²) >= 11 is 0. The van der Waals surface area contributed by atoms with Crippen molar-refractivity contribution in [2.45, 2.75) is 18.8 Å². The van der Waals surface area contributed by atoms with E-state index in [1.807, 2.05) is 6.07 Å². The average Bonchev–Trinajstić information content (AvgIpc) is 2.17. The number of carbonyl (C=O) groups excluding carboxylic acids is 1. The minimum absolute atomic E-state index is 0.192. The number of amides is 1. The third-order valence-corrected chi connectivity index (χ3v) is 3.03. The average molecular weight is 189 g/mol. The first-order valence-electron chi connectivity index (χ1n) is 5.08. The Morgan fingerprint density at radius 1 is 1.29 bits per heavy atom. The Kier molecular flexibility index (Phi) is 2.53. The Morgan fingerprint density at radius 2 is 1.93 bits per heavy atom. The molecule has 1 amide bonds. The van der Waals surface area contributed by atoms with Crippen LogP contribution in [0.1, 0.15) is 24.3 Å². The lowest BCUT2D eigenvalue weighted by Gasteiger charge is -2.34. The van der Waals surface area contributed by atoms with Crippen LogP contribution in [-0.2, 0) is 4.79 Å². The van der Waals surface area contributed by atoms with Gasteiger partial charge in [0.15, 0.2) is 0 Å². The molecule has 2 rings (SSSR count). The normalized spacial score (nSPS) is 25.2. The molecule has 14 heavy (non-hydrogen) atoms. The highest BCUT2D eigenvalue weighted by Crippen LogP contribution is 2.41. The van der Waals surface area contributed by atoms with Crippen LogP contribution < -0.4 is 5.32 Å². The van der Waals surface area contributed by atoms with E-state index in [4.69, 9.17) is 0 Å². The molecule has 1 N–H and O–H groups in total. The maximum absolute atomic E-state index is 11.3. The van der Waals surface area contributed by atoms with Crippen molar-refractivity contribution in [1.82, 2.24) is 5.32 Å². The molecule has 1 aliphatic rings. The third-order valence-electron chi connectivity index (χ3n) is 3.03. The van der Waals surface area contributed by atoms with E-state index in [0.717, 1.165) is 12.8 Å². The van der Waals surface area contributed by atoms with Gasteiger partial charge in [-0.1, -0.05) is 30.3 Å². The van der Waals surface area contributed by atoms with Gasteiger partial charge >= 0.3 is 0 Å². The van der Waals surface area contributed by atoms with Crippen molar-refractivity contribution in [2.75, 3.05) is 7.05 Å². The predicted molar refractivity (Wildman–Crippen MR) is 56.0 cm³/mol. The minimum Gasteiger partial charge on any atom is -0.359 e. The van der Waals surface area contributed by atoms with E-state index in [-0.39, 0.29) is 11.8 Å². The van der Waals surface area contributed by atoms with Crippen molar-refractivity contribution in [3.8, 4) is 0 Å². The van der Waals surface area contributed by atoms with Crippen molar-refractivity contribution in [3.63, 3.8) is 0 Å². The number of hydrogen-bond donors (Lipinski definition) is 1. The Morgan fingerprint density at radius 3 is 2.50 bits per heavy atom. The van der Waals surface area contributed by atoms with Crippen LogP contribution in [0.4, 0.5) is 0 Å². The van der Waals surface area contributed by atoms with Gasteiger partial charge in [-0.05, 0) is 24.3 Å². The molecule has 1 saturated carbocycles. The van der Waals surface area contributed by atoms with E-state index in [1.54, 1.807) is 7.05 Å². The molecule has 2 nitrogen and oxygen atoms in total. The molecule has 0 aliphatic heterocycles. The first-order valence-corrected chi connectivity index (χ1v) is 5.08. The van der Waals surface area contributed by atoms with E-state index < -0.39 is 0 Å². The maximum atomic E-state index is 11.3. The molecule has 74 valence electrons. The van der Waals surface area contributed by atoms with Crippen molar-refractivity contribution in [2.24, 2.45) is 5.92 Å². The fraction of sp³-hybridized carbons (Fsp3) is 0.417. The lowest BCUT2D eigenvalue weighted by molar-refractivity contribution is -0.127. The molecule has 1 aliphatic carbocycles. The fourth-order valence-corrected chi connectivity index (χ4v) is 2.03. The zero-order chi connectivity index (χ0) is 9.97. The summed E-state index contributed by atoms with van der Waals surface area (Å²) in [7, 11) is 1.71. The van der Waals surface area contributed by atoms with E-state index in [0.29, 0.717) is 5.92 Å². The molecule has 2 heteroatoms. The van der Waals surface area contributed by atoms with E-state index in [1.165, 1.54) is 5.56 Å². The minimum atomic E-state index is 0.192. The lowest BCUT2D eigenvalue weighted by atomic mass is 9.71. The molecular weight excluding hydrogens is 174 g/mol. The van der Waals surface area contributed by atoms with Gasteiger partial charge in [-0.15, -0.1) is 0 Å². The molecule has 0 saturated heterocycles. The first kappa shape index (κ1) is 9.25. The summed E-state index contributed by atoms with van der Waals surface area (Å²) in [5, 5.41) is 2.70. The van der Waals surface area contributed by atoms with Crippen LogP contribution in [0, 0.1) is 5.92 Å². The smallest absolute Gasteiger partial charge is 0.222 e. The molecule has 1 aromatic rings. The highest BCUT2D eigenvalue weighted by Gasteiger charge is 2.34. The van der Waals surface area contributed by atoms with Crippen LogP contribution >= 0.6 is 0 Å². The predicted octanol–water partition coefficient (Wildman–Crippen LogP) is 1.93. The second kappa shape index (κ2) is 3.82. The number of nitrogens with one attached hydrogen (secondary N) is 1. The third kappa shape index (κ3) is 1.65. The second-order valence-electron chi connectivity index (χ2n) is 3.89. The monoisotopic (exact) mass is 189 g/mol. The van der Waals surface area contributed by atoms with Gasteiger partial charge in [0, 0.05) is 13.0 Å². The highest BCUT2D eigenvalue weighted by atomic mass is 16.1. The molecule has 1 aromatic carbocycles. The summed E-state index contributed by atoms with van der Waals surface area (Å²) in [5.41, 5.74) is 1.37. The van der Waals surface area contributed by atoms with Crippen molar-refractivity contribution >= 4 is 5.91 Å². The number of rotatable bonds is 2. The van der Waals surface area contributed by atoms with Crippen LogP contribution in [-0.4, -0.2) is 13.0 Å². The summed E-state index contributed by atoms with van der Waals surface area (Å²) in [6.07, 6.45) is 2.01. The molecule has 0 atom stereocenters. The molecule has 1 fully saturated rings. The maximum Gasteiger partial charge on any atom is 0.222 e. The molecule has 0 radical (unpaired) electrons. The molecular formula is C12H15NO. The fourth-order valence-electron chi connectivity index (χ4n) is 2.03. The molecule has 0 bridgehead atoms. The molecule has 0 aromatic heterocycles. The summed E-state index contributed by atoms with van der Waals surface area (Å²) in [5.74, 6) is 1.03. The van der Waals surface area contributed by atoms with E-state index >= 15 is 0 Å². The van der Waals surface area contributed by atoms with Crippen molar-refractivity contribution in [1.29, 1.82) is 0 Å². The molecule has 0 spiro atoms. The number of carbonyl (C=O) groups is 1. The highest BCUT2D eigenvalue weighted by molar-refractivity contribution is 5.79. The largest absolute Gasteiger partial charge is 0.359 e. The van der Waals surface area contributed by atoms with Crippen LogP contribution in [0.2, 0.25) is 0 Å². The van der Waals surface area contributed by atoms with E-state index in [2.05, 4.69) is 29.6 Å². The zero-order valence-corrected chi connectivity index (χ0v) is 8.36. The summed E-state index contributed by atoms with van der Waals surface area (Å²) in [4.78, 5) is 11.3. The quantitative estimate of drug-likeness (QED) is 0.756. The summed E-state index contributed by atoms with van der Waals surface area (Å²) < 4.78 is 0. The topological polar surface area (TPSA) is 29.1 Å². The number of hydrogen-bond acceptors (Lipinski definition) is 1. The van der Waals surface area contributed by atoms with Crippen molar-refractivity contribution in [3.05, 3.63) is 35.9 Å². The Labute approximate surface area is 84.3 Å². The van der Waals surface area contributed by atoms with Gasteiger partial charge in [0.05, 0.1) is 0 Å². The number of benzene rings is 1. The SMILES string of the molecule is CNC(=O)C1CC(c2ccccc2)C1. The molecule has 0 unspecified atom stereocenters. The second-order valence-corrected chi connectivity index (χ2v) is 3.89. The lowest BCUT2D eigenvalue weighted by Crippen LogP contribution is -2.35. The first-order chi connectivity index (χ1) is 6.81. The summed E-state index contributed by atoms with van der Waals surface area (Å²) in [6, 6.07) is 10.4. The Bertz CT molecular complexity index is 314. The van der Waals surface area contributed by atoms with E-state index in [9.17, 15) is 4.79 Å². The van der Waals surface area contributed by atoms with Crippen molar-refractivity contribution < 1.29 is 4.79 Å². The van der Waals surface area contributed by atoms with Crippen LogP contribution in [0.25, 0.3) is 0 Å². The summed E-state index contributed by atoms with van der Waals surface area (Å²) in [6.45, 7) is 0. The zero-order valence-electron chi connectivity index (χ0n) is 8.36. The van der Waals surface area contributed by atoms with Crippen LogP contribution in [0.5, 0.6) is 0 Å². The van der Waals surface area contributed by atoms with Gasteiger partial charge in [0.25, 0.3) is 0 Å². The van der Waals surface area contributed by atoms with Crippen LogP contribution in [0.15, 0.2) is 30.3 Å². The Balaban J connectivity index is 1.92. The van der Waals surface area contributed by atoms with Gasteiger partial charge in [-0.3, -0.25) is 4.79 Å². The van der Waals surface area contributed by atoms with Gasteiger partial charge in [-0.25, -0.2) is 0 Å². The Hall–Kier alpha value is -1.31. The van der Waals surface area contributed by atoms with Gasteiger partial charge < -0.3 is 5.32 Å². The molecule has 0 heterocycles. The van der Waals surface area contributed by atoms with Gasteiger partial charge in [-0.2, -0.15) is 0 Å².